The van der Waals surface area contributed by atoms with Crippen molar-refractivity contribution in [3.8, 4) is 0 Å². The third kappa shape index (κ3) is 3.62. The molecule has 0 aliphatic carbocycles. The van der Waals surface area contributed by atoms with Gasteiger partial charge in [0.2, 0.25) is 16.9 Å². The normalized spacial score (nSPS) is 11.0. The molecule has 0 saturated carbocycles. The lowest BCUT2D eigenvalue weighted by molar-refractivity contribution is -0.142. The van der Waals surface area contributed by atoms with Crippen LogP contribution in [0.4, 0.5) is 11.5 Å². The first-order valence-corrected chi connectivity index (χ1v) is 9.16. The zero-order chi connectivity index (χ0) is 21.1. The monoisotopic (exact) mass is 411 g/mol. The van der Waals surface area contributed by atoms with Crippen LogP contribution in [0.2, 0.25) is 0 Å². The molecule has 0 spiro atoms. The minimum Gasteiger partial charge on any atom is -0.466 e. The van der Waals surface area contributed by atoms with Crippen molar-refractivity contribution in [1.82, 2.24) is 29.9 Å². The van der Waals surface area contributed by atoms with Gasteiger partial charge >= 0.3 is 11.9 Å². The maximum absolute atomic E-state index is 11.9. The molecule has 1 aromatic carbocycles. The second-order valence-electron chi connectivity index (χ2n) is 6.05. The minimum atomic E-state index is -0.447. The molecule has 0 fully saturated rings. The molecule has 154 valence electrons. The van der Waals surface area contributed by atoms with E-state index in [1.807, 2.05) is 0 Å². The number of fused-ring (bicyclic) bond motifs is 3. The number of nitrogens with zero attached hydrogens (tertiary/aromatic N) is 6. The lowest BCUT2D eigenvalue weighted by atomic mass is 10.2. The SMILES string of the molecule is CCOC(=O)Cc1nnc2c(Nc3ccc(C(=O)OCC)cc3)nc3nonc3n12. The van der Waals surface area contributed by atoms with Gasteiger partial charge in [0.25, 0.3) is 0 Å². The number of nitrogens with one attached hydrogen (secondary N) is 1. The van der Waals surface area contributed by atoms with Gasteiger partial charge in [0.1, 0.15) is 6.42 Å². The van der Waals surface area contributed by atoms with Crippen molar-refractivity contribution in [3.63, 3.8) is 0 Å². The van der Waals surface area contributed by atoms with Gasteiger partial charge in [-0.3, -0.25) is 9.20 Å². The summed E-state index contributed by atoms with van der Waals surface area (Å²) in [6, 6.07) is 6.66. The quantitative estimate of drug-likeness (QED) is 0.443. The minimum absolute atomic E-state index is 0.103. The predicted molar refractivity (Wildman–Crippen MR) is 102 cm³/mol. The van der Waals surface area contributed by atoms with Crippen molar-refractivity contribution in [1.29, 1.82) is 0 Å². The number of benzene rings is 1. The maximum Gasteiger partial charge on any atom is 0.338 e. The molecular formula is C18H17N7O5. The number of carbonyl (C=O) groups is 2. The molecule has 0 atom stereocenters. The first-order chi connectivity index (χ1) is 14.6. The molecular weight excluding hydrogens is 394 g/mol. The maximum atomic E-state index is 11.9. The van der Waals surface area contributed by atoms with Crippen LogP contribution in [0.3, 0.4) is 0 Å². The topological polar surface area (TPSA) is 147 Å². The van der Waals surface area contributed by atoms with Crippen LogP contribution in [-0.4, -0.2) is 55.0 Å². The Morgan fingerprint density at radius 2 is 1.80 bits per heavy atom. The van der Waals surface area contributed by atoms with Crippen LogP contribution in [-0.2, 0) is 20.7 Å². The summed E-state index contributed by atoms with van der Waals surface area (Å²) in [4.78, 5) is 28.1. The standard InChI is InChI=1S/C18H17N7O5/c1-3-28-13(26)9-12-21-22-16-14(20-15-17(25(12)16)24-30-23-15)19-11-7-5-10(6-8-11)18(27)29-4-2/h5-8H,3-4,9H2,1-2H3,(H,19,20,23). The Labute approximate surface area is 169 Å². The number of hydrogen-bond acceptors (Lipinski definition) is 11. The molecule has 30 heavy (non-hydrogen) atoms. The number of hydrogen-bond donors (Lipinski definition) is 1. The number of carbonyl (C=O) groups excluding carboxylic acids is 2. The fourth-order valence-electron chi connectivity index (χ4n) is 2.82. The average molecular weight is 411 g/mol. The fraction of sp³-hybridized carbons (Fsp3) is 0.278. The smallest absolute Gasteiger partial charge is 0.338 e. The van der Waals surface area contributed by atoms with E-state index in [0.717, 1.165) is 0 Å². The van der Waals surface area contributed by atoms with Gasteiger partial charge in [0.05, 0.1) is 18.8 Å². The van der Waals surface area contributed by atoms with Crippen LogP contribution in [0, 0.1) is 0 Å². The van der Waals surface area contributed by atoms with Gasteiger partial charge in [-0.1, -0.05) is 0 Å². The van der Waals surface area contributed by atoms with Gasteiger partial charge < -0.3 is 14.8 Å². The Kier molecular flexibility index (Phi) is 5.20. The van der Waals surface area contributed by atoms with E-state index in [-0.39, 0.29) is 24.3 Å². The molecule has 0 aliphatic rings. The molecule has 3 heterocycles. The van der Waals surface area contributed by atoms with Gasteiger partial charge in [-0.25, -0.2) is 14.4 Å². The molecule has 12 nitrogen and oxygen atoms in total. The summed E-state index contributed by atoms with van der Waals surface area (Å²) in [5.41, 5.74) is 1.88. The van der Waals surface area contributed by atoms with Gasteiger partial charge in [-0.05, 0) is 48.4 Å². The highest BCUT2D eigenvalue weighted by Gasteiger charge is 2.20. The zero-order valence-electron chi connectivity index (χ0n) is 16.2. The molecule has 1 N–H and O–H groups in total. The lowest BCUT2D eigenvalue weighted by Gasteiger charge is -2.08. The molecule has 0 bridgehead atoms. The van der Waals surface area contributed by atoms with Crippen molar-refractivity contribution >= 4 is 40.4 Å². The summed E-state index contributed by atoms with van der Waals surface area (Å²) in [6.07, 6.45) is -0.103. The van der Waals surface area contributed by atoms with Crippen molar-refractivity contribution in [3.05, 3.63) is 35.7 Å². The molecule has 0 unspecified atom stereocenters. The van der Waals surface area contributed by atoms with Gasteiger partial charge in [0.15, 0.2) is 11.6 Å². The van der Waals surface area contributed by atoms with E-state index >= 15 is 0 Å². The molecule has 3 aromatic heterocycles. The van der Waals surface area contributed by atoms with Crippen molar-refractivity contribution in [2.45, 2.75) is 20.3 Å². The van der Waals surface area contributed by atoms with Crippen LogP contribution in [0.15, 0.2) is 28.9 Å². The van der Waals surface area contributed by atoms with Crippen LogP contribution >= 0.6 is 0 Å². The van der Waals surface area contributed by atoms with E-state index < -0.39 is 11.9 Å². The van der Waals surface area contributed by atoms with E-state index in [1.165, 1.54) is 4.40 Å². The molecule has 0 amide bonds. The lowest BCUT2D eigenvalue weighted by Crippen LogP contribution is -2.11. The first kappa shape index (κ1) is 19.2. The Morgan fingerprint density at radius 1 is 1.03 bits per heavy atom. The zero-order valence-corrected chi connectivity index (χ0v) is 16.2. The summed E-state index contributed by atoms with van der Waals surface area (Å²) in [5.74, 6) is -0.213. The molecule has 4 rings (SSSR count). The largest absolute Gasteiger partial charge is 0.466 e. The van der Waals surface area contributed by atoms with Gasteiger partial charge in [0, 0.05) is 5.69 Å². The highest BCUT2D eigenvalue weighted by molar-refractivity contribution is 5.90. The van der Waals surface area contributed by atoms with Crippen molar-refractivity contribution < 1.29 is 23.7 Å². The van der Waals surface area contributed by atoms with Gasteiger partial charge in [-0.2, -0.15) is 0 Å². The van der Waals surface area contributed by atoms with E-state index in [1.54, 1.807) is 38.1 Å². The van der Waals surface area contributed by atoms with E-state index in [4.69, 9.17) is 14.1 Å². The van der Waals surface area contributed by atoms with Crippen LogP contribution in [0.5, 0.6) is 0 Å². The highest BCUT2D eigenvalue weighted by Crippen LogP contribution is 2.23. The van der Waals surface area contributed by atoms with Crippen molar-refractivity contribution in [2.24, 2.45) is 0 Å². The summed E-state index contributed by atoms with van der Waals surface area (Å²) >= 11 is 0. The van der Waals surface area contributed by atoms with Crippen LogP contribution in [0.25, 0.3) is 16.9 Å². The summed E-state index contributed by atoms with van der Waals surface area (Å²) in [7, 11) is 0. The molecule has 0 saturated heterocycles. The molecule has 0 aliphatic heterocycles. The summed E-state index contributed by atoms with van der Waals surface area (Å²) in [6.45, 7) is 4.02. The van der Waals surface area contributed by atoms with Crippen LogP contribution in [0.1, 0.15) is 30.0 Å². The number of anilines is 2. The second kappa shape index (κ2) is 8.11. The number of aromatic nitrogens is 6. The Hall–Kier alpha value is -4.09. The summed E-state index contributed by atoms with van der Waals surface area (Å²) < 4.78 is 16.3. The number of rotatable bonds is 7. The Morgan fingerprint density at radius 3 is 2.53 bits per heavy atom. The van der Waals surface area contributed by atoms with E-state index in [9.17, 15) is 9.59 Å². The Balaban J connectivity index is 1.69. The first-order valence-electron chi connectivity index (χ1n) is 9.16. The molecule has 4 aromatic rings. The van der Waals surface area contributed by atoms with E-state index in [0.29, 0.717) is 35.1 Å². The second-order valence-corrected chi connectivity index (χ2v) is 6.05. The van der Waals surface area contributed by atoms with Crippen LogP contribution < -0.4 is 5.32 Å². The van der Waals surface area contributed by atoms with E-state index in [2.05, 4.69) is 30.8 Å². The number of esters is 2. The Bertz CT molecular complexity index is 1220. The van der Waals surface area contributed by atoms with Gasteiger partial charge in [-0.15, -0.1) is 10.2 Å². The third-order valence-electron chi connectivity index (χ3n) is 4.09. The fourth-order valence-corrected chi connectivity index (χ4v) is 2.82. The molecule has 0 radical (unpaired) electrons. The average Bonchev–Trinajstić information content (AvgIpc) is 3.36. The molecule has 12 heteroatoms. The van der Waals surface area contributed by atoms with Crippen molar-refractivity contribution in [2.75, 3.05) is 18.5 Å². The summed E-state index contributed by atoms with van der Waals surface area (Å²) in [5, 5.41) is 18.9. The third-order valence-corrected chi connectivity index (χ3v) is 4.09. The number of ether oxygens (including phenoxy) is 2. The highest BCUT2D eigenvalue weighted by atomic mass is 16.6. The predicted octanol–water partition coefficient (Wildman–Crippen LogP) is 1.69.